The minimum atomic E-state index is -0.278. The van der Waals surface area contributed by atoms with Crippen LogP contribution in [0.3, 0.4) is 0 Å². The molecule has 3 heterocycles. The highest BCUT2D eigenvalue weighted by Gasteiger charge is 2.15. The van der Waals surface area contributed by atoms with Crippen LogP contribution in [0.25, 0.3) is 10.7 Å². The van der Waals surface area contributed by atoms with Crippen molar-refractivity contribution in [3.05, 3.63) is 33.6 Å². The second kappa shape index (κ2) is 8.59. The number of nitrogens with zero attached hydrogens (tertiary/aromatic N) is 4. The molecule has 0 aliphatic rings. The number of carbonyl (C=O) groups excluding carboxylic acids is 1. The lowest BCUT2D eigenvalue weighted by Crippen LogP contribution is -2.09. The quantitative estimate of drug-likeness (QED) is 0.426. The second-order valence-corrected chi connectivity index (χ2v) is 7.90. The maximum Gasteiger partial charge on any atom is 0.316 e. The first kappa shape index (κ1) is 18.1. The van der Waals surface area contributed by atoms with Gasteiger partial charge in [0.1, 0.15) is 6.61 Å². The normalized spacial score (nSPS) is 11.0. The molecule has 3 aromatic rings. The molecule has 0 N–H and O–H groups in total. The molecule has 0 radical (unpaired) electrons. The van der Waals surface area contributed by atoms with E-state index in [1.165, 1.54) is 11.8 Å². The van der Waals surface area contributed by atoms with Crippen LogP contribution in [0, 0.1) is 0 Å². The standard InChI is InChI=1S/C16H18N4O2S3/c1-3-13-17-11(9-24-13)8-22-14(21)10-25-16-19-18-15(20(16)4-2)12-6-5-7-23-12/h5-7,9H,3-4,8,10H2,1-2H3. The molecule has 25 heavy (non-hydrogen) atoms. The van der Waals surface area contributed by atoms with Gasteiger partial charge < -0.3 is 9.30 Å². The topological polar surface area (TPSA) is 69.9 Å². The first-order valence-electron chi connectivity index (χ1n) is 7.90. The largest absolute Gasteiger partial charge is 0.459 e. The van der Waals surface area contributed by atoms with Crippen molar-refractivity contribution in [2.45, 2.75) is 38.6 Å². The Kier molecular flexibility index (Phi) is 6.22. The van der Waals surface area contributed by atoms with Crippen LogP contribution in [0.5, 0.6) is 0 Å². The first-order valence-corrected chi connectivity index (χ1v) is 10.6. The highest BCUT2D eigenvalue weighted by molar-refractivity contribution is 7.99. The Balaban J connectivity index is 1.55. The molecule has 6 nitrogen and oxygen atoms in total. The van der Waals surface area contributed by atoms with Crippen molar-refractivity contribution >= 4 is 40.4 Å². The van der Waals surface area contributed by atoms with E-state index in [4.69, 9.17) is 4.74 Å². The number of thioether (sulfide) groups is 1. The van der Waals surface area contributed by atoms with E-state index in [-0.39, 0.29) is 18.3 Å². The molecular weight excluding hydrogens is 376 g/mol. The van der Waals surface area contributed by atoms with Gasteiger partial charge in [-0.2, -0.15) is 0 Å². The Morgan fingerprint density at radius 2 is 2.20 bits per heavy atom. The Bertz CT molecular complexity index is 826. The van der Waals surface area contributed by atoms with Crippen LogP contribution >= 0.6 is 34.4 Å². The van der Waals surface area contributed by atoms with Crippen molar-refractivity contribution in [2.75, 3.05) is 5.75 Å². The molecule has 132 valence electrons. The van der Waals surface area contributed by atoms with Crippen molar-refractivity contribution in [2.24, 2.45) is 0 Å². The Morgan fingerprint density at radius 3 is 2.88 bits per heavy atom. The number of thiophene rings is 1. The van der Waals surface area contributed by atoms with E-state index in [0.29, 0.717) is 0 Å². The second-order valence-electron chi connectivity index (χ2n) is 5.06. The number of hydrogen-bond acceptors (Lipinski definition) is 8. The van der Waals surface area contributed by atoms with E-state index in [1.54, 1.807) is 22.7 Å². The van der Waals surface area contributed by atoms with E-state index in [9.17, 15) is 4.79 Å². The molecule has 0 atom stereocenters. The van der Waals surface area contributed by atoms with E-state index < -0.39 is 0 Å². The average molecular weight is 395 g/mol. The summed E-state index contributed by atoms with van der Waals surface area (Å²) in [6.45, 7) is 5.06. The number of thiazole rings is 1. The lowest BCUT2D eigenvalue weighted by molar-refractivity contribution is -0.141. The number of carbonyl (C=O) groups is 1. The average Bonchev–Trinajstić information content (AvgIpc) is 3.37. The van der Waals surface area contributed by atoms with Gasteiger partial charge in [-0.05, 0) is 24.8 Å². The van der Waals surface area contributed by atoms with E-state index in [2.05, 4.69) is 22.1 Å². The molecule has 0 unspecified atom stereocenters. The molecule has 0 aliphatic carbocycles. The molecule has 0 fully saturated rings. The zero-order valence-electron chi connectivity index (χ0n) is 14.0. The molecule has 3 aromatic heterocycles. The number of ether oxygens (including phenoxy) is 1. The highest BCUT2D eigenvalue weighted by atomic mass is 32.2. The molecule has 0 aromatic carbocycles. The Hall–Kier alpha value is -1.71. The predicted molar refractivity (Wildman–Crippen MR) is 101 cm³/mol. The van der Waals surface area contributed by atoms with Crippen molar-refractivity contribution in [1.29, 1.82) is 0 Å². The minimum absolute atomic E-state index is 0.202. The summed E-state index contributed by atoms with van der Waals surface area (Å²) in [6.07, 6.45) is 0.897. The van der Waals surface area contributed by atoms with Crippen molar-refractivity contribution < 1.29 is 9.53 Å². The van der Waals surface area contributed by atoms with Gasteiger partial charge in [0.25, 0.3) is 0 Å². The molecule has 0 amide bonds. The third-order valence-electron chi connectivity index (χ3n) is 3.38. The summed E-state index contributed by atoms with van der Waals surface area (Å²) in [4.78, 5) is 17.4. The monoisotopic (exact) mass is 394 g/mol. The van der Waals surface area contributed by atoms with Gasteiger partial charge in [-0.15, -0.1) is 32.9 Å². The minimum Gasteiger partial charge on any atom is -0.459 e. The fourth-order valence-electron chi connectivity index (χ4n) is 2.17. The number of rotatable bonds is 8. The maximum absolute atomic E-state index is 12.0. The molecule has 0 spiro atoms. The lowest BCUT2D eigenvalue weighted by Gasteiger charge is -2.06. The summed E-state index contributed by atoms with van der Waals surface area (Å²) in [7, 11) is 0. The maximum atomic E-state index is 12.0. The third-order valence-corrected chi connectivity index (χ3v) is 6.22. The zero-order valence-corrected chi connectivity index (χ0v) is 16.4. The van der Waals surface area contributed by atoms with Gasteiger partial charge in [-0.25, -0.2) is 4.98 Å². The molecule has 0 aliphatic heterocycles. The van der Waals surface area contributed by atoms with Crippen LogP contribution in [-0.2, 0) is 29.1 Å². The SMILES string of the molecule is CCc1nc(COC(=O)CSc2nnc(-c3cccs3)n2CC)cs1. The molecule has 9 heteroatoms. The fraction of sp³-hybridized carbons (Fsp3) is 0.375. The molecule has 0 saturated carbocycles. The van der Waals surface area contributed by atoms with Gasteiger partial charge in [0.2, 0.25) is 0 Å². The van der Waals surface area contributed by atoms with E-state index in [1.807, 2.05) is 34.4 Å². The molecular formula is C16H18N4O2S3. The summed E-state index contributed by atoms with van der Waals surface area (Å²) in [5.41, 5.74) is 0.803. The van der Waals surface area contributed by atoms with Crippen LogP contribution < -0.4 is 0 Å². The third kappa shape index (κ3) is 4.47. The summed E-state index contributed by atoms with van der Waals surface area (Å²) in [6, 6.07) is 4.00. The lowest BCUT2D eigenvalue weighted by atomic mass is 10.4. The Labute approximate surface area is 158 Å². The zero-order chi connectivity index (χ0) is 17.6. The molecule has 0 bridgehead atoms. The van der Waals surface area contributed by atoms with Gasteiger partial charge in [0.05, 0.1) is 21.3 Å². The number of aryl methyl sites for hydroxylation is 1. The molecule has 3 rings (SSSR count). The number of aromatic nitrogens is 4. The van der Waals surface area contributed by atoms with Crippen LogP contribution in [0.1, 0.15) is 24.5 Å². The van der Waals surface area contributed by atoms with Crippen molar-refractivity contribution in [3.63, 3.8) is 0 Å². The van der Waals surface area contributed by atoms with Gasteiger partial charge in [-0.1, -0.05) is 24.8 Å². The summed E-state index contributed by atoms with van der Waals surface area (Å²) in [5.74, 6) is 0.759. The van der Waals surface area contributed by atoms with E-state index in [0.717, 1.165) is 39.5 Å². The highest BCUT2D eigenvalue weighted by Crippen LogP contribution is 2.27. The van der Waals surface area contributed by atoms with Crippen LogP contribution in [0.15, 0.2) is 28.0 Å². The summed E-state index contributed by atoms with van der Waals surface area (Å²) >= 11 is 4.56. The van der Waals surface area contributed by atoms with Crippen LogP contribution in [0.4, 0.5) is 0 Å². The smallest absolute Gasteiger partial charge is 0.316 e. The van der Waals surface area contributed by atoms with Gasteiger partial charge in [-0.3, -0.25) is 4.79 Å². The summed E-state index contributed by atoms with van der Waals surface area (Å²) < 4.78 is 7.30. The fourth-order valence-corrected chi connectivity index (χ4v) is 4.41. The van der Waals surface area contributed by atoms with Crippen molar-refractivity contribution in [1.82, 2.24) is 19.7 Å². The van der Waals surface area contributed by atoms with Gasteiger partial charge in [0, 0.05) is 11.9 Å². The summed E-state index contributed by atoms with van der Waals surface area (Å²) in [5, 5.41) is 14.2. The Morgan fingerprint density at radius 1 is 1.32 bits per heavy atom. The van der Waals surface area contributed by atoms with Crippen LogP contribution in [0.2, 0.25) is 0 Å². The van der Waals surface area contributed by atoms with Crippen LogP contribution in [-0.4, -0.2) is 31.5 Å². The predicted octanol–water partition coefficient (Wildman–Crippen LogP) is 3.88. The van der Waals surface area contributed by atoms with Gasteiger partial charge in [0.15, 0.2) is 11.0 Å². The number of esters is 1. The first-order chi connectivity index (χ1) is 12.2. The van der Waals surface area contributed by atoms with Crippen molar-refractivity contribution in [3.8, 4) is 10.7 Å². The van der Waals surface area contributed by atoms with Gasteiger partial charge >= 0.3 is 5.97 Å². The van der Waals surface area contributed by atoms with E-state index >= 15 is 0 Å². The molecule has 0 saturated heterocycles. The number of hydrogen-bond donors (Lipinski definition) is 0.